The third-order valence-electron chi connectivity index (χ3n) is 4.31. The Morgan fingerprint density at radius 3 is 2.26 bits per heavy atom. The third kappa shape index (κ3) is 4.94. The third-order valence-corrected chi connectivity index (χ3v) is 5.98. The number of carbonyl (C=O) groups is 1. The van der Waals surface area contributed by atoms with Gasteiger partial charge in [-0.15, -0.1) is 0 Å². The fraction of sp³-hybridized carbons (Fsp3) is 0.562. The Hall–Kier alpha value is -1.08. The summed E-state index contributed by atoms with van der Waals surface area (Å²) in [4.78, 5) is 14.3. The van der Waals surface area contributed by atoms with Gasteiger partial charge in [-0.3, -0.25) is 9.10 Å². The second-order valence-corrected chi connectivity index (χ2v) is 8.87. The van der Waals surface area contributed by atoms with Crippen LogP contribution in [0.1, 0.15) is 32.1 Å². The van der Waals surface area contributed by atoms with E-state index in [9.17, 15) is 13.2 Å². The number of halogens is 1. The number of carbonyl (C=O) groups excluding carboxylic acids is 1. The maximum absolute atomic E-state index is 12.6. The lowest BCUT2D eigenvalue weighted by Crippen LogP contribution is -2.45. The van der Waals surface area contributed by atoms with E-state index in [0.29, 0.717) is 5.69 Å². The highest BCUT2D eigenvalue weighted by molar-refractivity contribution is 9.10. The summed E-state index contributed by atoms with van der Waals surface area (Å²) in [5.74, 6) is -0.162. The molecule has 1 aromatic rings. The van der Waals surface area contributed by atoms with E-state index in [1.54, 1.807) is 36.2 Å². The summed E-state index contributed by atoms with van der Waals surface area (Å²) in [6.45, 7) is -0.159. The van der Waals surface area contributed by atoms with Crippen molar-refractivity contribution in [1.29, 1.82) is 0 Å². The molecule has 0 atom stereocenters. The van der Waals surface area contributed by atoms with Crippen molar-refractivity contribution < 1.29 is 13.2 Å². The Morgan fingerprint density at radius 2 is 1.74 bits per heavy atom. The van der Waals surface area contributed by atoms with Crippen LogP contribution in [0, 0.1) is 0 Å². The van der Waals surface area contributed by atoms with Gasteiger partial charge < -0.3 is 4.90 Å². The predicted molar refractivity (Wildman–Crippen MR) is 96.0 cm³/mol. The van der Waals surface area contributed by atoms with Gasteiger partial charge in [-0.2, -0.15) is 0 Å². The van der Waals surface area contributed by atoms with Gasteiger partial charge in [-0.05, 0) is 37.1 Å². The Kier molecular flexibility index (Phi) is 6.08. The number of sulfonamides is 1. The van der Waals surface area contributed by atoms with Crippen molar-refractivity contribution in [2.45, 2.75) is 38.1 Å². The van der Waals surface area contributed by atoms with Crippen LogP contribution in [0.2, 0.25) is 0 Å². The number of rotatable bonds is 5. The summed E-state index contributed by atoms with van der Waals surface area (Å²) in [5, 5.41) is 0. The molecular weight excluding hydrogens is 380 g/mol. The van der Waals surface area contributed by atoms with Crippen molar-refractivity contribution in [1.82, 2.24) is 4.90 Å². The molecule has 0 aromatic heterocycles. The predicted octanol–water partition coefficient (Wildman–Crippen LogP) is 3.01. The molecule has 128 valence electrons. The highest BCUT2D eigenvalue weighted by Crippen LogP contribution is 2.24. The minimum atomic E-state index is -3.52. The molecule has 0 unspecified atom stereocenters. The van der Waals surface area contributed by atoms with E-state index >= 15 is 0 Å². The van der Waals surface area contributed by atoms with Crippen molar-refractivity contribution in [3.8, 4) is 0 Å². The molecule has 0 heterocycles. The van der Waals surface area contributed by atoms with Gasteiger partial charge in [0.1, 0.15) is 6.54 Å². The zero-order chi connectivity index (χ0) is 17.0. The first-order valence-corrected chi connectivity index (χ1v) is 10.4. The number of hydrogen-bond donors (Lipinski definition) is 0. The largest absolute Gasteiger partial charge is 0.341 e. The molecule has 23 heavy (non-hydrogen) atoms. The first-order valence-electron chi connectivity index (χ1n) is 7.78. The zero-order valence-electron chi connectivity index (χ0n) is 13.5. The van der Waals surface area contributed by atoms with Crippen molar-refractivity contribution in [3.63, 3.8) is 0 Å². The summed E-state index contributed by atoms with van der Waals surface area (Å²) in [5.41, 5.74) is 0.501. The molecule has 7 heteroatoms. The minimum Gasteiger partial charge on any atom is -0.341 e. The average molecular weight is 403 g/mol. The Balaban J connectivity index is 2.14. The minimum absolute atomic E-state index is 0.159. The SMILES string of the molecule is CN(C(=O)CN(c1ccc(Br)cc1)S(C)(=O)=O)C1CCCCC1. The van der Waals surface area contributed by atoms with Crippen LogP contribution in [0.5, 0.6) is 0 Å². The van der Waals surface area contributed by atoms with Gasteiger partial charge in [0.15, 0.2) is 0 Å². The number of anilines is 1. The number of benzene rings is 1. The topological polar surface area (TPSA) is 57.7 Å². The van der Waals surface area contributed by atoms with E-state index in [-0.39, 0.29) is 18.5 Å². The molecule has 1 aliphatic rings. The van der Waals surface area contributed by atoms with Crippen LogP contribution >= 0.6 is 15.9 Å². The second kappa shape index (κ2) is 7.66. The zero-order valence-corrected chi connectivity index (χ0v) is 15.9. The molecule has 1 aromatic carbocycles. The van der Waals surface area contributed by atoms with Gasteiger partial charge in [0.25, 0.3) is 0 Å². The van der Waals surface area contributed by atoms with E-state index < -0.39 is 10.0 Å². The second-order valence-electron chi connectivity index (χ2n) is 6.04. The van der Waals surface area contributed by atoms with E-state index in [1.165, 1.54) is 10.7 Å². The molecule has 0 aliphatic heterocycles. The van der Waals surface area contributed by atoms with Crippen LogP contribution < -0.4 is 4.31 Å². The summed E-state index contributed by atoms with van der Waals surface area (Å²) < 4.78 is 26.2. The molecule has 1 amide bonds. The maximum atomic E-state index is 12.6. The van der Waals surface area contributed by atoms with Gasteiger partial charge in [-0.1, -0.05) is 35.2 Å². The molecule has 1 aliphatic carbocycles. The van der Waals surface area contributed by atoms with E-state index in [2.05, 4.69) is 15.9 Å². The fourth-order valence-electron chi connectivity index (χ4n) is 2.91. The number of nitrogens with zero attached hydrogens (tertiary/aromatic N) is 2. The number of hydrogen-bond acceptors (Lipinski definition) is 3. The van der Waals surface area contributed by atoms with Crippen LogP contribution in [0.15, 0.2) is 28.7 Å². The first-order chi connectivity index (χ1) is 10.8. The lowest BCUT2D eigenvalue weighted by molar-refractivity contribution is -0.130. The summed E-state index contributed by atoms with van der Waals surface area (Å²) in [6.07, 6.45) is 6.60. The molecule has 2 rings (SSSR count). The monoisotopic (exact) mass is 402 g/mol. The van der Waals surface area contributed by atoms with E-state index in [4.69, 9.17) is 0 Å². The lowest BCUT2D eigenvalue weighted by Gasteiger charge is -2.33. The van der Waals surface area contributed by atoms with Crippen LogP contribution in [0.4, 0.5) is 5.69 Å². The normalized spacial score (nSPS) is 16.1. The van der Waals surface area contributed by atoms with Crippen molar-refractivity contribution in [3.05, 3.63) is 28.7 Å². The summed E-state index contributed by atoms with van der Waals surface area (Å²) in [6, 6.07) is 7.14. The van der Waals surface area contributed by atoms with Crippen LogP contribution in [0.25, 0.3) is 0 Å². The molecule has 0 spiro atoms. The fourth-order valence-corrected chi connectivity index (χ4v) is 4.03. The first kappa shape index (κ1) is 18.3. The molecule has 1 fully saturated rings. The Bertz CT molecular complexity index is 640. The van der Waals surface area contributed by atoms with Gasteiger partial charge >= 0.3 is 0 Å². The van der Waals surface area contributed by atoms with E-state index in [0.717, 1.165) is 36.4 Å². The van der Waals surface area contributed by atoms with Gasteiger partial charge in [-0.25, -0.2) is 8.42 Å². The highest BCUT2D eigenvalue weighted by Gasteiger charge is 2.26. The maximum Gasteiger partial charge on any atom is 0.243 e. The van der Waals surface area contributed by atoms with Crippen LogP contribution in [0.3, 0.4) is 0 Å². The van der Waals surface area contributed by atoms with E-state index in [1.807, 2.05) is 0 Å². The van der Waals surface area contributed by atoms with Gasteiger partial charge in [0.2, 0.25) is 15.9 Å². The lowest BCUT2D eigenvalue weighted by atomic mass is 9.94. The molecule has 0 bridgehead atoms. The summed E-state index contributed by atoms with van der Waals surface area (Å²) >= 11 is 3.33. The molecule has 0 radical (unpaired) electrons. The Morgan fingerprint density at radius 1 is 1.17 bits per heavy atom. The highest BCUT2D eigenvalue weighted by atomic mass is 79.9. The standard InChI is InChI=1S/C16H23BrN2O3S/c1-18(14-6-4-3-5-7-14)16(20)12-19(23(2,21)22)15-10-8-13(17)9-11-15/h8-11,14H,3-7,12H2,1-2H3. The smallest absolute Gasteiger partial charge is 0.243 e. The van der Waals surface area contributed by atoms with Crippen molar-refractivity contribution in [2.24, 2.45) is 0 Å². The molecule has 0 saturated heterocycles. The molecular formula is C16H23BrN2O3S. The number of likely N-dealkylation sites (N-methyl/N-ethyl adjacent to an activating group) is 1. The summed E-state index contributed by atoms with van der Waals surface area (Å²) in [7, 11) is -1.74. The molecule has 1 saturated carbocycles. The average Bonchev–Trinajstić information content (AvgIpc) is 2.52. The molecule has 5 nitrogen and oxygen atoms in total. The van der Waals surface area contributed by atoms with Crippen LogP contribution in [-0.4, -0.2) is 45.1 Å². The quantitative estimate of drug-likeness (QED) is 0.760. The molecule has 0 N–H and O–H groups in total. The van der Waals surface area contributed by atoms with Crippen LogP contribution in [-0.2, 0) is 14.8 Å². The van der Waals surface area contributed by atoms with Gasteiger partial charge in [0.05, 0.1) is 11.9 Å². The number of amides is 1. The van der Waals surface area contributed by atoms with Crippen molar-refractivity contribution >= 4 is 37.5 Å². The van der Waals surface area contributed by atoms with Gasteiger partial charge in [0, 0.05) is 17.6 Å². The Labute approximate surface area is 146 Å². The van der Waals surface area contributed by atoms with Crippen molar-refractivity contribution in [2.75, 3.05) is 24.2 Å².